The number of methoxy groups -OCH3 is 1. The molecule has 1 aromatic rings. The molecule has 1 atom stereocenters. The number of hydrogen-bond donors (Lipinski definition) is 1. The van der Waals surface area contributed by atoms with E-state index in [0.29, 0.717) is 11.3 Å². The van der Waals surface area contributed by atoms with Crippen molar-refractivity contribution >= 4 is 0 Å². The Morgan fingerprint density at radius 1 is 1.22 bits per heavy atom. The van der Waals surface area contributed by atoms with E-state index in [-0.39, 0.29) is 5.60 Å². The number of rotatable bonds is 7. The molecule has 0 radical (unpaired) electrons. The molecular weight excluding hydrogens is 286 g/mol. The van der Waals surface area contributed by atoms with Crippen molar-refractivity contribution < 1.29 is 9.47 Å². The topological polar surface area (TPSA) is 30.5 Å². The highest BCUT2D eigenvalue weighted by Gasteiger charge is 2.42. The molecular formula is C20H33NO2. The minimum Gasteiger partial charge on any atom is -0.497 e. The van der Waals surface area contributed by atoms with Crippen molar-refractivity contribution in [1.82, 2.24) is 5.32 Å². The maximum atomic E-state index is 5.94. The van der Waals surface area contributed by atoms with E-state index in [1.165, 1.54) is 18.4 Å². The summed E-state index contributed by atoms with van der Waals surface area (Å²) in [5.41, 5.74) is 1.71. The summed E-state index contributed by atoms with van der Waals surface area (Å²) in [6.45, 7) is 12.1. The highest BCUT2D eigenvalue weighted by atomic mass is 16.5. The predicted molar refractivity (Wildman–Crippen MR) is 95.9 cm³/mol. The van der Waals surface area contributed by atoms with Crippen molar-refractivity contribution in [2.24, 2.45) is 11.3 Å². The van der Waals surface area contributed by atoms with Crippen molar-refractivity contribution in [2.45, 2.75) is 59.1 Å². The van der Waals surface area contributed by atoms with Crippen LogP contribution in [0.1, 0.15) is 52.5 Å². The molecule has 1 fully saturated rings. The SMILES string of the molecule is COc1ccc(CNCC[C@]2(C(C)C)CCOC(C)(C)C2)cc1. The second-order valence-electron chi connectivity index (χ2n) is 7.83. The summed E-state index contributed by atoms with van der Waals surface area (Å²) >= 11 is 0. The summed E-state index contributed by atoms with van der Waals surface area (Å²) in [7, 11) is 1.70. The van der Waals surface area contributed by atoms with Gasteiger partial charge in [0.05, 0.1) is 12.7 Å². The Kier molecular flexibility index (Phi) is 6.10. The lowest BCUT2D eigenvalue weighted by atomic mass is 9.65. The molecule has 3 heteroatoms. The van der Waals surface area contributed by atoms with E-state index in [9.17, 15) is 0 Å². The second-order valence-corrected chi connectivity index (χ2v) is 7.83. The molecule has 0 aliphatic carbocycles. The van der Waals surface area contributed by atoms with Gasteiger partial charge in [-0.25, -0.2) is 0 Å². The molecule has 130 valence electrons. The second kappa shape index (κ2) is 7.67. The molecule has 1 heterocycles. The molecule has 0 saturated carbocycles. The van der Waals surface area contributed by atoms with E-state index in [1.807, 2.05) is 12.1 Å². The third-order valence-corrected chi connectivity index (χ3v) is 5.38. The lowest BCUT2D eigenvalue weighted by Crippen LogP contribution is -2.45. The molecule has 0 aromatic heterocycles. The van der Waals surface area contributed by atoms with Crippen LogP contribution in [-0.2, 0) is 11.3 Å². The first kappa shape index (κ1) is 18.3. The number of nitrogens with one attached hydrogen (secondary N) is 1. The molecule has 0 bridgehead atoms. The highest BCUT2D eigenvalue weighted by molar-refractivity contribution is 5.26. The average Bonchev–Trinajstić information content (AvgIpc) is 2.51. The first-order valence-electron chi connectivity index (χ1n) is 8.84. The smallest absolute Gasteiger partial charge is 0.118 e. The molecule has 1 N–H and O–H groups in total. The van der Waals surface area contributed by atoms with Gasteiger partial charge in [-0.1, -0.05) is 26.0 Å². The Morgan fingerprint density at radius 2 is 1.91 bits per heavy atom. The van der Waals surface area contributed by atoms with Gasteiger partial charge in [-0.2, -0.15) is 0 Å². The van der Waals surface area contributed by atoms with E-state index in [1.54, 1.807) is 7.11 Å². The van der Waals surface area contributed by atoms with Crippen molar-refractivity contribution in [3.8, 4) is 5.75 Å². The maximum Gasteiger partial charge on any atom is 0.118 e. The number of hydrogen-bond acceptors (Lipinski definition) is 3. The van der Waals surface area contributed by atoms with Gasteiger partial charge in [0.15, 0.2) is 0 Å². The Bertz CT molecular complexity index is 481. The van der Waals surface area contributed by atoms with Crippen LogP contribution in [0.15, 0.2) is 24.3 Å². The lowest BCUT2D eigenvalue weighted by molar-refractivity contribution is -0.121. The van der Waals surface area contributed by atoms with Crippen LogP contribution in [0.2, 0.25) is 0 Å². The third kappa shape index (κ3) is 4.95. The Labute approximate surface area is 141 Å². The van der Waals surface area contributed by atoms with Crippen LogP contribution >= 0.6 is 0 Å². The quantitative estimate of drug-likeness (QED) is 0.755. The van der Waals surface area contributed by atoms with Crippen molar-refractivity contribution in [2.75, 3.05) is 20.3 Å². The normalized spacial score (nSPS) is 23.9. The average molecular weight is 319 g/mol. The lowest BCUT2D eigenvalue weighted by Gasteiger charge is -2.48. The summed E-state index contributed by atoms with van der Waals surface area (Å²) in [5.74, 6) is 1.60. The van der Waals surface area contributed by atoms with Gasteiger partial charge in [0.2, 0.25) is 0 Å². The minimum atomic E-state index is 0.0124. The van der Waals surface area contributed by atoms with E-state index in [4.69, 9.17) is 9.47 Å². The molecule has 3 nitrogen and oxygen atoms in total. The fraction of sp³-hybridized carbons (Fsp3) is 0.700. The Morgan fingerprint density at radius 3 is 2.48 bits per heavy atom. The van der Waals surface area contributed by atoms with E-state index < -0.39 is 0 Å². The molecule has 0 unspecified atom stereocenters. The van der Waals surface area contributed by atoms with Gasteiger partial charge in [0.25, 0.3) is 0 Å². The summed E-state index contributed by atoms with van der Waals surface area (Å²) in [4.78, 5) is 0. The van der Waals surface area contributed by atoms with Crippen LogP contribution in [0.3, 0.4) is 0 Å². The van der Waals surface area contributed by atoms with Crippen LogP contribution in [0.25, 0.3) is 0 Å². The largest absolute Gasteiger partial charge is 0.497 e. The van der Waals surface area contributed by atoms with Crippen LogP contribution in [0.4, 0.5) is 0 Å². The first-order valence-corrected chi connectivity index (χ1v) is 8.84. The number of ether oxygens (including phenoxy) is 2. The summed E-state index contributed by atoms with van der Waals surface area (Å²) in [6.07, 6.45) is 3.55. The molecule has 0 spiro atoms. The first-order chi connectivity index (χ1) is 10.9. The summed E-state index contributed by atoms with van der Waals surface area (Å²) in [6, 6.07) is 8.30. The standard InChI is InChI=1S/C20H33NO2/c1-16(2)20(11-13-23-19(3,4)15-20)10-12-21-14-17-6-8-18(22-5)9-7-17/h6-9,16,21H,10-15H2,1-5H3/t20-/m0/s1. The van der Waals surface area contributed by atoms with Crippen LogP contribution < -0.4 is 10.1 Å². The zero-order valence-electron chi connectivity index (χ0n) is 15.4. The molecule has 1 aliphatic heterocycles. The zero-order chi connectivity index (χ0) is 16.9. The molecule has 0 amide bonds. The molecule has 23 heavy (non-hydrogen) atoms. The third-order valence-electron chi connectivity index (χ3n) is 5.38. The van der Waals surface area contributed by atoms with Gasteiger partial charge in [0.1, 0.15) is 5.75 Å². The van der Waals surface area contributed by atoms with E-state index >= 15 is 0 Å². The fourth-order valence-corrected chi connectivity index (χ4v) is 3.83. The maximum absolute atomic E-state index is 5.94. The molecule has 2 rings (SSSR count). The van der Waals surface area contributed by atoms with Crippen molar-refractivity contribution in [3.63, 3.8) is 0 Å². The van der Waals surface area contributed by atoms with E-state index in [2.05, 4.69) is 45.1 Å². The van der Waals surface area contributed by atoms with Crippen LogP contribution in [0.5, 0.6) is 5.75 Å². The monoisotopic (exact) mass is 319 g/mol. The zero-order valence-corrected chi connectivity index (χ0v) is 15.4. The van der Waals surface area contributed by atoms with Crippen LogP contribution in [0, 0.1) is 11.3 Å². The summed E-state index contributed by atoms with van der Waals surface area (Å²) in [5, 5.41) is 3.61. The van der Waals surface area contributed by atoms with Gasteiger partial charge >= 0.3 is 0 Å². The molecule has 1 saturated heterocycles. The van der Waals surface area contributed by atoms with Gasteiger partial charge < -0.3 is 14.8 Å². The van der Waals surface area contributed by atoms with E-state index in [0.717, 1.165) is 31.9 Å². The predicted octanol–water partition coefficient (Wildman–Crippen LogP) is 4.41. The minimum absolute atomic E-state index is 0.0124. The van der Waals surface area contributed by atoms with Gasteiger partial charge in [0, 0.05) is 13.2 Å². The van der Waals surface area contributed by atoms with Crippen LogP contribution in [-0.4, -0.2) is 25.9 Å². The van der Waals surface area contributed by atoms with Gasteiger partial charge in [-0.05, 0) is 68.7 Å². The molecule has 1 aromatic carbocycles. The Balaban J connectivity index is 1.84. The Hall–Kier alpha value is -1.06. The van der Waals surface area contributed by atoms with Gasteiger partial charge in [-0.3, -0.25) is 0 Å². The number of benzene rings is 1. The van der Waals surface area contributed by atoms with Crippen molar-refractivity contribution in [1.29, 1.82) is 0 Å². The fourth-order valence-electron chi connectivity index (χ4n) is 3.83. The molecule has 1 aliphatic rings. The van der Waals surface area contributed by atoms with Gasteiger partial charge in [-0.15, -0.1) is 0 Å². The summed E-state index contributed by atoms with van der Waals surface area (Å²) < 4.78 is 11.1. The highest BCUT2D eigenvalue weighted by Crippen LogP contribution is 2.46. The van der Waals surface area contributed by atoms with Crippen molar-refractivity contribution in [3.05, 3.63) is 29.8 Å².